The van der Waals surface area contributed by atoms with Crippen LogP contribution in [0, 0.1) is 11.3 Å². The number of rotatable bonds is 15. The second-order valence-electron chi connectivity index (χ2n) is 13.0. The summed E-state index contributed by atoms with van der Waals surface area (Å²) in [6, 6.07) is 43.2. The maximum Gasteiger partial charge on any atom is 0.307 e. The van der Waals surface area contributed by atoms with E-state index in [4.69, 9.17) is 42.1 Å². The van der Waals surface area contributed by atoms with Crippen LogP contribution in [0.4, 0.5) is 0 Å². The van der Waals surface area contributed by atoms with E-state index in [1.165, 1.54) is 12.1 Å². The van der Waals surface area contributed by atoms with Crippen molar-refractivity contribution < 1.29 is 34.1 Å². The van der Waals surface area contributed by atoms with E-state index in [0.29, 0.717) is 41.3 Å². The van der Waals surface area contributed by atoms with Crippen LogP contribution < -0.4 is 26.7 Å². The molecule has 0 saturated heterocycles. The molecule has 0 heterocycles. The van der Waals surface area contributed by atoms with Gasteiger partial charge in [0.1, 0.15) is 24.7 Å². The van der Waals surface area contributed by atoms with Crippen molar-refractivity contribution in [2.75, 3.05) is 0 Å². The average molecular weight is 763 g/mol. The van der Waals surface area contributed by atoms with Crippen LogP contribution in [0.15, 0.2) is 133 Å². The van der Waals surface area contributed by atoms with Crippen LogP contribution in [0.5, 0.6) is 11.5 Å². The van der Waals surface area contributed by atoms with Crippen molar-refractivity contribution in [3.8, 4) is 39.8 Å². The fourth-order valence-corrected chi connectivity index (χ4v) is 5.98. The summed E-state index contributed by atoms with van der Waals surface area (Å²) in [4.78, 5) is 33.6. The molecule has 288 valence electrons. The van der Waals surface area contributed by atoms with Gasteiger partial charge >= 0.3 is 11.9 Å². The Morgan fingerprint density at radius 2 is 0.947 bits per heavy atom. The monoisotopic (exact) mass is 762 g/mol. The Morgan fingerprint density at radius 3 is 1.35 bits per heavy atom. The molecule has 0 aliphatic rings. The molecule has 0 saturated carbocycles. The summed E-state index contributed by atoms with van der Waals surface area (Å²) < 4.78 is 11.7. The molecular weight excluding hydrogens is 721 g/mol. The van der Waals surface area contributed by atoms with E-state index in [-0.39, 0.29) is 31.6 Å². The lowest BCUT2D eigenvalue weighted by molar-refractivity contribution is -0.137. The molecule has 0 spiro atoms. The first-order valence-corrected chi connectivity index (χ1v) is 18.0. The molecule has 57 heavy (non-hydrogen) atoms. The van der Waals surface area contributed by atoms with E-state index in [1.807, 2.05) is 97.1 Å². The van der Waals surface area contributed by atoms with Crippen LogP contribution in [0.1, 0.15) is 49.3 Å². The van der Waals surface area contributed by atoms with Crippen LogP contribution in [0.2, 0.25) is 0 Å². The standard InChI is InChI=1S/C23H22N2O4.C23H20N2O3/c24-13-15-3-1-5-17(9-15)18-6-2-4-16(10-18)14-29-21-11-20(23(25)28)8-7-19(21)12-22(26)27;24-13-16-3-1-5-19(9-16)20-6-2-4-18(10-20)15-28-22-11-17(14-25)7-8-21(22)12-23(26)27/h1-11H,12-14,24H2,(H2,25,28)(H,26,27);1-11H,12-13,15,24H2,(H,26,27). The van der Waals surface area contributed by atoms with Crippen molar-refractivity contribution >= 4 is 17.8 Å². The van der Waals surface area contributed by atoms with Gasteiger partial charge in [-0.25, -0.2) is 0 Å². The second-order valence-corrected chi connectivity index (χ2v) is 13.0. The van der Waals surface area contributed by atoms with Gasteiger partial charge in [-0.2, -0.15) is 5.26 Å². The number of amides is 1. The predicted octanol–water partition coefficient (Wildman–Crippen LogP) is 7.01. The third kappa shape index (κ3) is 11.9. The van der Waals surface area contributed by atoms with Crippen molar-refractivity contribution in [2.45, 2.75) is 39.1 Å². The highest BCUT2D eigenvalue weighted by Crippen LogP contribution is 2.27. The summed E-state index contributed by atoms with van der Waals surface area (Å²) in [7, 11) is 0. The third-order valence-corrected chi connectivity index (χ3v) is 8.87. The molecule has 0 aromatic heterocycles. The van der Waals surface area contributed by atoms with Crippen molar-refractivity contribution in [3.63, 3.8) is 0 Å². The van der Waals surface area contributed by atoms with Gasteiger partial charge < -0.3 is 36.9 Å². The topological polar surface area (TPSA) is 212 Å². The normalized spacial score (nSPS) is 10.4. The van der Waals surface area contributed by atoms with Crippen molar-refractivity contribution in [1.82, 2.24) is 0 Å². The maximum absolute atomic E-state index is 11.5. The Bertz CT molecular complexity index is 2420. The number of hydrogen-bond donors (Lipinski definition) is 5. The van der Waals surface area contributed by atoms with E-state index in [9.17, 15) is 14.4 Å². The largest absolute Gasteiger partial charge is 0.489 e. The second kappa shape index (κ2) is 19.9. The predicted molar refractivity (Wildman–Crippen MR) is 217 cm³/mol. The van der Waals surface area contributed by atoms with Crippen LogP contribution >= 0.6 is 0 Å². The number of nitrogens with two attached hydrogens (primary N) is 3. The van der Waals surface area contributed by atoms with Gasteiger partial charge in [0.05, 0.1) is 24.5 Å². The number of hydrogen-bond acceptors (Lipinski definition) is 8. The first-order valence-electron chi connectivity index (χ1n) is 18.0. The van der Waals surface area contributed by atoms with Crippen molar-refractivity contribution in [3.05, 3.63) is 178 Å². The van der Waals surface area contributed by atoms with Crippen LogP contribution in [-0.2, 0) is 48.7 Å². The molecule has 0 bridgehead atoms. The summed E-state index contributed by atoms with van der Waals surface area (Å²) >= 11 is 0. The number of aliphatic carboxylic acids is 2. The average Bonchev–Trinajstić information content (AvgIpc) is 3.23. The first kappa shape index (κ1) is 40.9. The van der Waals surface area contributed by atoms with Gasteiger partial charge in [-0.3, -0.25) is 14.4 Å². The summed E-state index contributed by atoms with van der Waals surface area (Å²) in [6.45, 7) is 1.45. The highest BCUT2D eigenvalue weighted by molar-refractivity contribution is 5.93. The lowest BCUT2D eigenvalue weighted by atomic mass is 10.0. The van der Waals surface area contributed by atoms with Gasteiger partial charge in [-0.15, -0.1) is 0 Å². The molecule has 0 aliphatic heterocycles. The molecule has 8 N–H and O–H groups in total. The van der Waals surface area contributed by atoms with E-state index in [0.717, 1.165) is 44.5 Å². The van der Waals surface area contributed by atoms with Gasteiger partial charge in [0, 0.05) is 29.8 Å². The fourth-order valence-electron chi connectivity index (χ4n) is 5.98. The van der Waals surface area contributed by atoms with E-state index in [1.54, 1.807) is 24.3 Å². The van der Waals surface area contributed by atoms with Crippen LogP contribution in [0.25, 0.3) is 22.3 Å². The third-order valence-electron chi connectivity index (χ3n) is 8.87. The number of carboxylic acid groups (broad SMARTS) is 2. The minimum Gasteiger partial charge on any atom is -0.489 e. The summed E-state index contributed by atoms with van der Waals surface area (Å²) in [5, 5.41) is 27.3. The van der Waals surface area contributed by atoms with Crippen molar-refractivity contribution in [2.24, 2.45) is 17.2 Å². The van der Waals surface area contributed by atoms with E-state index >= 15 is 0 Å². The lowest BCUT2D eigenvalue weighted by Gasteiger charge is -2.13. The molecule has 0 atom stereocenters. The van der Waals surface area contributed by atoms with E-state index in [2.05, 4.69) is 6.07 Å². The summed E-state index contributed by atoms with van der Waals surface area (Å²) in [5.41, 5.74) is 26.7. The lowest BCUT2D eigenvalue weighted by Crippen LogP contribution is -2.12. The van der Waals surface area contributed by atoms with Crippen LogP contribution in [0.3, 0.4) is 0 Å². The SMILES string of the molecule is N#Cc1ccc(CC(=O)O)c(OCc2cccc(-c3cccc(CN)c3)c2)c1.NCc1cccc(-c2cccc(COc3cc(C(N)=O)ccc3CC(=O)O)c2)c1. The maximum atomic E-state index is 11.5. The Kier molecular flexibility index (Phi) is 14.3. The number of nitriles is 1. The number of primary amides is 1. The van der Waals surface area contributed by atoms with Crippen LogP contribution in [-0.4, -0.2) is 28.1 Å². The molecule has 1 amide bonds. The highest BCUT2D eigenvalue weighted by Gasteiger charge is 2.13. The first-order chi connectivity index (χ1) is 27.5. The zero-order chi connectivity index (χ0) is 40.7. The molecule has 0 radical (unpaired) electrons. The number of carbonyl (C=O) groups excluding carboxylic acids is 1. The molecule has 11 heteroatoms. The van der Waals surface area contributed by atoms with E-state index < -0.39 is 17.8 Å². The Balaban J connectivity index is 0.000000218. The minimum atomic E-state index is -0.983. The number of nitrogens with zero attached hydrogens (tertiary/aromatic N) is 1. The van der Waals surface area contributed by atoms with Gasteiger partial charge in [0.25, 0.3) is 0 Å². The molecule has 0 aliphatic carbocycles. The Labute approximate surface area is 330 Å². The smallest absolute Gasteiger partial charge is 0.307 e. The fraction of sp³-hybridized carbons (Fsp3) is 0.130. The number of carbonyl (C=O) groups is 3. The highest BCUT2D eigenvalue weighted by atomic mass is 16.5. The summed E-state index contributed by atoms with van der Waals surface area (Å²) in [6.07, 6.45) is -0.368. The quantitative estimate of drug-likeness (QED) is 0.0722. The molecule has 6 rings (SSSR count). The van der Waals surface area contributed by atoms with Crippen molar-refractivity contribution in [1.29, 1.82) is 5.26 Å². The molecule has 6 aromatic carbocycles. The molecule has 6 aromatic rings. The number of benzene rings is 6. The Morgan fingerprint density at radius 1 is 0.544 bits per heavy atom. The molecule has 0 fully saturated rings. The van der Waals surface area contributed by atoms with Gasteiger partial charge in [0.2, 0.25) is 5.91 Å². The number of ether oxygens (including phenoxy) is 2. The molecular formula is C46H42N4O7. The Hall–Kier alpha value is -7.26. The van der Waals surface area contributed by atoms with Gasteiger partial charge in [-0.05, 0) is 93.0 Å². The van der Waals surface area contributed by atoms with Gasteiger partial charge in [-0.1, -0.05) is 84.9 Å². The number of carboxylic acids is 2. The minimum absolute atomic E-state index is 0.160. The molecule has 11 nitrogen and oxygen atoms in total. The van der Waals surface area contributed by atoms with Gasteiger partial charge in [0.15, 0.2) is 0 Å². The molecule has 0 unspecified atom stereocenters. The zero-order valence-electron chi connectivity index (χ0n) is 31.1. The zero-order valence-corrected chi connectivity index (χ0v) is 31.1. The summed E-state index contributed by atoms with van der Waals surface area (Å²) in [5.74, 6) is -1.78.